The van der Waals surface area contributed by atoms with Crippen molar-refractivity contribution >= 4 is 11.8 Å². The highest BCUT2D eigenvalue weighted by Crippen LogP contribution is 2.23. The van der Waals surface area contributed by atoms with Crippen molar-refractivity contribution in [3.05, 3.63) is 83.7 Å². The fraction of sp³-hybridized carbons (Fsp3) is 0.174. The molecule has 0 saturated heterocycles. The number of ether oxygens (including phenoxy) is 1. The molecule has 0 aliphatic carbocycles. The summed E-state index contributed by atoms with van der Waals surface area (Å²) in [5.74, 6) is 0.435. The van der Waals surface area contributed by atoms with Crippen LogP contribution in [-0.2, 0) is 17.9 Å². The Morgan fingerprint density at radius 1 is 0.931 bits per heavy atom. The highest BCUT2D eigenvalue weighted by Gasteiger charge is 2.14. The van der Waals surface area contributed by atoms with Gasteiger partial charge in [-0.3, -0.25) is 14.6 Å². The van der Waals surface area contributed by atoms with Gasteiger partial charge in [0.2, 0.25) is 5.91 Å². The maximum atomic E-state index is 12.8. The standard InChI is InChI=1S/C23H23N3O3/c1-16(27)25-15-18-5-3-6-19(13-18)21-7-4-12-24-22(21)23(28)26-14-17-8-10-20(29-2)11-9-17/h3-13H,14-15H2,1-2H3,(H,25,27)(H,26,28). The Morgan fingerprint density at radius 2 is 1.69 bits per heavy atom. The van der Waals surface area contributed by atoms with Crippen molar-refractivity contribution in [1.29, 1.82) is 0 Å². The van der Waals surface area contributed by atoms with E-state index in [4.69, 9.17) is 4.74 Å². The molecule has 0 aliphatic rings. The number of aromatic nitrogens is 1. The number of nitrogens with one attached hydrogen (secondary N) is 2. The van der Waals surface area contributed by atoms with Crippen LogP contribution in [0, 0.1) is 0 Å². The van der Waals surface area contributed by atoms with E-state index in [1.165, 1.54) is 6.92 Å². The second-order valence-corrected chi connectivity index (χ2v) is 6.54. The molecule has 0 unspecified atom stereocenters. The topological polar surface area (TPSA) is 80.3 Å². The summed E-state index contributed by atoms with van der Waals surface area (Å²) < 4.78 is 5.15. The number of carbonyl (C=O) groups is 2. The number of methoxy groups -OCH3 is 1. The van der Waals surface area contributed by atoms with Gasteiger partial charge in [-0.25, -0.2) is 0 Å². The Morgan fingerprint density at radius 3 is 2.41 bits per heavy atom. The second-order valence-electron chi connectivity index (χ2n) is 6.54. The minimum Gasteiger partial charge on any atom is -0.497 e. The van der Waals surface area contributed by atoms with E-state index in [1.807, 2.05) is 54.6 Å². The Bertz CT molecular complexity index is 1000. The van der Waals surface area contributed by atoms with E-state index in [-0.39, 0.29) is 11.8 Å². The van der Waals surface area contributed by atoms with Gasteiger partial charge >= 0.3 is 0 Å². The van der Waals surface area contributed by atoms with E-state index in [9.17, 15) is 9.59 Å². The molecule has 1 heterocycles. The number of carbonyl (C=O) groups excluding carboxylic acids is 2. The first-order valence-corrected chi connectivity index (χ1v) is 9.26. The van der Waals surface area contributed by atoms with Crippen LogP contribution in [-0.4, -0.2) is 23.9 Å². The van der Waals surface area contributed by atoms with Crippen LogP contribution in [0.25, 0.3) is 11.1 Å². The Balaban J connectivity index is 1.76. The zero-order chi connectivity index (χ0) is 20.6. The smallest absolute Gasteiger partial charge is 0.270 e. The number of benzene rings is 2. The molecule has 2 amide bonds. The van der Waals surface area contributed by atoms with Gasteiger partial charge in [-0.1, -0.05) is 36.4 Å². The average molecular weight is 389 g/mol. The Kier molecular flexibility index (Phi) is 6.58. The maximum Gasteiger partial charge on any atom is 0.270 e. The van der Waals surface area contributed by atoms with E-state index >= 15 is 0 Å². The van der Waals surface area contributed by atoms with Crippen LogP contribution >= 0.6 is 0 Å². The number of hydrogen-bond acceptors (Lipinski definition) is 4. The van der Waals surface area contributed by atoms with E-state index in [1.54, 1.807) is 19.4 Å². The summed E-state index contributed by atoms with van der Waals surface area (Å²) in [5.41, 5.74) is 3.89. The van der Waals surface area contributed by atoms with Crippen LogP contribution < -0.4 is 15.4 Å². The highest BCUT2D eigenvalue weighted by molar-refractivity contribution is 5.98. The minimum absolute atomic E-state index is 0.0876. The molecular formula is C23H23N3O3. The molecule has 1 aromatic heterocycles. The third-order valence-corrected chi connectivity index (χ3v) is 4.41. The largest absolute Gasteiger partial charge is 0.497 e. The van der Waals surface area contributed by atoms with E-state index in [2.05, 4.69) is 15.6 Å². The van der Waals surface area contributed by atoms with Gasteiger partial charge in [0.05, 0.1) is 7.11 Å². The van der Waals surface area contributed by atoms with Crippen molar-refractivity contribution in [2.45, 2.75) is 20.0 Å². The predicted molar refractivity (Wildman–Crippen MR) is 111 cm³/mol. The second kappa shape index (κ2) is 9.50. The molecule has 0 bridgehead atoms. The van der Waals surface area contributed by atoms with Crippen LogP contribution in [0.4, 0.5) is 0 Å². The van der Waals surface area contributed by atoms with E-state index < -0.39 is 0 Å². The third kappa shape index (κ3) is 5.42. The van der Waals surface area contributed by atoms with Gasteiger partial charge in [-0.15, -0.1) is 0 Å². The first-order valence-electron chi connectivity index (χ1n) is 9.26. The minimum atomic E-state index is -0.247. The molecule has 2 aromatic carbocycles. The van der Waals surface area contributed by atoms with Crippen molar-refractivity contribution in [3.8, 4) is 16.9 Å². The molecule has 0 atom stereocenters. The van der Waals surface area contributed by atoms with Gasteiger partial charge in [-0.05, 0) is 41.0 Å². The molecule has 148 valence electrons. The Labute approximate surface area is 169 Å². The van der Waals surface area contributed by atoms with Gasteiger partial charge in [0.1, 0.15) is 11.4 Å². The van der Waals surface area contributed by atoms with Gasteiger partial charge in [-0.2, -0.15) is 0 Å². The van der Waals surface area contributed by atoms with Crippen LogP contribution in [0.5, 0.6) is 5.75 Å². The molecule has 0 saturated carbocycles. The maximum absolute atomic E-state index is 12.8. The van der Waals surface area contributed by atoms with Crippen LogP contribution in [0.15, 0.2) is 66.9 Å². The normalized spacial score (nSPS) is 10.3. The summed E-state index contributed by atoms with van der Waals surface area (Å²) in [4.78, 5) is 28.2. The summed E-state index contributed by atoms with van der Waals surface area (Å²) in [6, 6.07) is 18.9. The fourth-order valence-corrected chi connectivity index (χ4v) is 2.90. The van der Waals surface area contributed by atoms with Gasteiger partial charge in [0.15, 0.2) is 0 Å². The first-order chi connectivity index (χ1) is 14.1. The lowest BCUT2D eigenvalue weighted by atomic mass is 10.0. The third-order valence-electron chi connectivity index (χ3n) is 4.41. The fourth-order valence-electron chi connectivity index (χ4n) is 2.90. The van der Waals surface area contributed by atoms with Crippen LogP contribution in [0.2, 0.25) is 0 Å². The molecule has 2 N–H and O–H groups in total. The molecule has 0 fully saturated rings. The number of nitrogens with zero attached hydrogens (tertiary/aromatic N) is 1. The van der Waals surface area contributed by atoms with E-state index in [0.717, 1.165) is 28.0 Å². The average Bonchev–Trinajstić information content (AvgIpc) is 2.76. The van der Waals surface area contributed by atoms with Crippen molar-refractivity contribution in [2.75, 3.05) is 7.11 Å². The van der Waals surface area contributed by atoms with Crippen molar-refractivity contribution in [1.82, 2.24) is 15.6 Å². The molecular weight excluding hydrogens is 366 g/mol. The SMILES string of the molecule is COc1ccc(CNC(=O)c2ncccc2-c2cccc(CNC(C)=O)c2)cc1. The summed E-state index contributed by atoms with van der Waals surface area (Å²) in [6.07, 6.45) is 1.60. The molecule has 0 aliphatic heterocycles. The Hall–Kier alpha value is -3.67. The van der Waals surface area contributed by atoms with Gasteiger partial charge in [0.25, 0.3) is 5.91 Å². The zero-order valence-corrected chi connectivity index (χ0v) is 16.4. The quantitative estimate of drug-likeness (QED) is 0.650. The first kappa shape index (κ1) is 20.1. The van der Waals surface area contributed by atoms with Crippen molar-refractivity contribution < 1.29 is 14.3 Å². The summed E-state index contributed by atoms with van der Waals surface area (Å²) in [6.45, 7) is 2.31. The lowest BCUT2D eigenvalue weighted by molar-refractivity contribution is -0.119. The summed E-state index contributed by atoms with van der Waals surface area (Å²) in [7, 11) is 1.62. The molecule has 0 spiro atoms. The lowest BCUT2D eigenvalue weighted by Crippen LogP contribution is -2.24. The molecule has 0 radical (unpaired) electrons. The van der Waals surface area contributed by atoms with Gasteiger partial charge < -0.3 is 15.4 Å². The molecule has 6 heteroatoms. The van der Waals surface area contributed by atoms with Crippen molar-refractivity contribution in [2.24, 2.45) is 0 Å². The highest BCUT2D eigenvalue weighted by atomic mass is 16.5. The number of amides is 2. The predicted octanol–water partition coefficient (Wildman–Crippen LogP) is 3.32. The van der Waals surface area contributed by atoms with Crippen LogP contribution in [0.3, 0.4) is 0 Å². The monoisotopic (exact) mass is 389 g/mol. The summed E-state index contributed by atoms with van der Waals surface area (Å²) in [5, 5.41) is 5.70. The summed E-state index contributed by atoms with van der Waals surface area (Å²) >= 11 is 0. The number of rotatable bonds is 7. The van der Waals surface area contributed by atoms with Crippen LogP contribution in [0.1, 0.15) is 28.5 Å². The number of hydrogen-bond donors (Lipinski definition) is 2. The molecule has 6 nitrogen and oxygen atoms in total. The van der Waals surface area contributed by atoms with Gasteiger partial charge in [0, 0.05) is 31.8 Å². The van der Waals surface area contributed by atoms with Crippen molar-refractivity contribution in [3.63, 3.8) is 0 Å². The molecule has 29 heavy (non-hydrogen) atoms. The lowest BCUT2D eigenvalue weighted by Gasteiger charge is -2.11. The zero-order valence-electron chi connectivity index (χ0n) is 16.4. The molecule has 3 rings (SSSR count). The molecule has 3 aromatic rings. The van der Waals surface area contributed by atoms with E-state index in [0.29, 0.717) is 18.8 Å². The number of pyridine rings is 1.